The first-order valence-corrected chi connectivity index (χ1v) is 13.9. The quantitative estimate of drug-likeness (QED) is 0.467. The number of rotatable bonds is 0. The standard InChI is InChI=1S/C30H39NO5/c1-14-10-15(2)22-24-21-20(16(3)26-29(5,36-26)25(21)28(22,4)11-14)23(32)19-13-30(34,31-27(19)33)12-17-6-8-18(35-24)9-7-17/h6-9,14-16,20-22,24-26,32,34H,10-13H2,1-5H3,(H,31,33)/t14-,15+,16+,20+,21+,22+,24+,25-,26-,28-,29+,30+/m1/s1. The second kappa shape index (κ2) is 7.08. The largest absolute Gasteiger partial charge is 0.512 e. The van der Waals surface area contributed by atoms with E-state index in [1.165, 1.54) is 6.42 Å². The molecule has 7 aliphatic rings. The first-order valence-electron chi connectivity index (χ1n) is 13.9. The van der Waals surface area contributed by atoms with Crippen LogP contribution in [-0.2, 0) is 16.0 Å². The van der Waals surface area contributed by atoms with E-state index in [0.29, 0.717) is 23.3 Å². The molecule has 12 atom stereocenters. The van der Waals surface area contributed by atoms with Crippen LogP contribution in [0.3, 0.4) is 0 Å². The van der Waals surface area contributed by atoms with E-state index in [0.717, 1.165) is 17.7 Å². The Morgan fingerprint density at radius 3 is 2.53 bits per heavy atom. The van der Waals surface area contributed by atoms with Crippen LogP contribution in [0.1, 0.15) is 59.4 Å². The lowest BCUT2D eigenvalue weighted by Crippen LogP contribution is -2.50. The highest BCUT2D eigenvalue weighted by Gasteiger charge is 2.78. The molecular formula is C30H39NO5. The minimum absolute atomic E-state index is 0.00886. The van der Waals surface area contributed by atoms with E-state index in [-0.39, 0.29) is 71.4 Å². The second-order valence-corrected chi connectivity index (χ2v) is 13.6. The fraction of sp³-hybridized carbons (Fsp3) is 0.700. The summed E-state index contributed by atoms with van der Waals surface area (Å²) >= 11 is 0. The second-order valence-electron chi connectivity index (χ2n) is 13.6. The van der Waals surface area contributed by atoms with E-state index in [9.17, 15) is 15.0 Å². The van der Waals surface area contributed by atoms with Gasteiger partial charge in [-0.1, -0.05) is 39.8 Å². The van der Waals surface area contributed by atoms with Crippen LogP contribution >= 0.6 is 0 Å². The first kappa shape index (κ1) is 23.1. The molecule has 1 aromatic rings. The van der Waals surface area contributed by atoms with Gasteiger partial charge in [0.2, 0.25) is 0 Å². The molecule has 0 spiro atoms. The van der Waals surface area contributed by atoms with Gasteiger partial charge in [0.1, 0.15) is 23.3 Å². The molecule has 194 valence electrons. The lowest BCUT2D eigenvalue weighted by molar-refractivity contribution is -0.120. The lowest BCUT2D eigenvalue weighted by Gasteiger charge is -2.49. The first-order chi connectivity index (χ1) is 16.9. The summed E-state index contributed by atoms with van der Waals surface area (Å²) in [5, 5.41) is 26.0. The predicted octanol–water partition coefficient (Wildman–Crippen LogP) is 4.37. The van der Waals surface area contributed by atoms with Crippen LogP contribution in [0.25, 0.3) is 0 Å². The minimum atomic E-state index is -1.41. The van der Waals surface area contributed by atoms with E-state index in [2.05, 4.69) is 39.9 Å². The Morgan fingerprint density at radius 1 is 1.08 bits per heavy atom. The third kappa shape index (κ3) is 2.89. The SMILES string of the molecule is C[C@@H]1C[C@H](C)[C@H]2[C@H]3Oc4ccc(cc4)C[C@]4(O)CC(=C(O)[C@H]5[C@H](C)[C@H]6O[C@@]6(C)[C@H]([C@H]35)[C@]2(C)C1)C(=O)N4. The molecule has 8 rings (SSSR count). The van der Waals surface area contributed by atoms with Crippen LogP contribution in [0.2, 0.25) is 0 Å². The number of hydrogen-bond donors (Lipinski definition) is 3. The number of carbonyl (C=O) groups excluding carboxylic acids is 1. The number of hydrogen-bond acceptors (Lipinski definition) is 5. The maximum Gasteiger partial charge on any atom is 0.252 e. The number of ether oxygens (including phenoxy) is 2. The Hall–Kier alpha value is -2.05. The van der Waals surface area contributed by atoms with Gasteiger partial charge >= 0.3 is 0 Å². The Bertz CT molecular complexity index is 1160. The Morgan fingerprint density at radius 2 is 1.81 bits per heavy atom. The van der Waals surface area contributed by atoms with Crippen molar-refractivity contribution < 1.29 is 24.5 Å². The molecular weight excluding hydrogens is 454 g/mol. The summed E-state index contributed by atoms with van der Waals surface area (Å²) in [6, 6.07) is 7.97. The van der Waals surface area contributed by atoms with Crippen molar-refractivity contribution in [1.82, 2.24) is 5.32 Å². The molecule has 3 N–H and O–H groups in total. The van der Waals surface area contributed by atoms with Crippen LogP contribution < -0.4 is 10.1 Å². The maximum atomic E-state index is 13.2. The van der Waals surface area contributed by atoms with Gasteiger partial charge in [-0.3, -0.25) is 4.79 Å². The van der Waals surface area contributed by atoms with Gasteiger partial charge in [0, 0.05) is 36.5 Å². The zero-order valence-corrected chi connectivity index (χ0v) is 22.0. The number of epoxide rings is 1. The molecule has 4 bridgehead atoms. The zero-order valence-electron chi connectivity index (χ0n) is 22.0. The van der Waals surface area contributed by atoms with Crippen molar-refractivity contribution in [3.05, 3.63) is 41.2 Å². The smallest absolute Gasteiger partial charge is 0.252 e. The van der Waals surface area contributed by atoms with Crippen molar-refractivity contribution in [3.8, 4) is 5.75 Å². The van der Waals surface area contributed by atoms with Gasteiger partial charge in [0.15, 0.2) is 0 Å². The summed E-state index contributed by atoms with van der Waals surface area (Å²) in [6.07, 6.45) is 2.63. The highest BCUT2D eigenvalue weighted by atomic mass is 16.6. The van der Waals surface area contributed by atoms with Crippen molar-refractivity contribution in [2.24, 2.45) is 46.8 Å². The van der Waals surface area contributed by atoms with Crippen molar-refractivity contribution in [2.45, 2.75) is 83.8 Å². The zero-order chi connectivity index (χ0) is 25.4. The molecule has 4 aliphatic heterocycles. The summed E-state index contributed by atoms with van der Waals surface area (Å²) in [6.45, 7) is 11.6. The molecule has 2 saturated heterocycles. The maximum absolute atomic E-state index is 13.2. The topological polar surface area (TPSA) is 91.3 Å². The predicted molar refractivity (Wildman–Crippen MR) is 134 cm³/mol. The molecule has 0 aromatic heterocycles. The number of allylic oxidation sites excluding steroid dienone is 1. The Balaban J connectivity index is 1.46. The van der Waals surface area contributed by atoms with Gasteiger partial charge < -0.3 is 25.0 Å². The van der Waals surface area contributed by atoms with Gasteiger partial charge in [-0.05, 0) is 60.6 Å². The molecule has 5 fully saturated rings. The summed E-state index contributed by atoms with van der Waals surface area (Å²) in [5.41, 5.74) is -0.393. The third-order valence-corrected chi connectivity index (χ3v) is 11.1. The number of aliphatic hydroxyl groups is 2. The summed E-state index contributed by atoms with van der Waals surface area (Å²) in [7, 11) is 0. The van der Waals surface area contributed by atoms with E-state index in [1.807, 2.05) is 24.3 Å². The highest BCUT2D eigenvalue weighted by Crippen LogP contribution is 2.74. The summed E-state index contributed by atoms with van der Waals surface area (Å²) < 4.78 is 13.5. The number of aliphatic hydroxyl groups excluding tert-OH is 1. The van der Waals surface area contributed by atoms with Crippen LogP contribution in [-0.4, -0.2) is 39.7 Å². The number of benzene rings is 1. The molecule has 6 heteroatoms. The van der Waals surface area contributed by atoms with Gasteiger partial charge in [0.25, 0.3) is 5.91 Å². The normalized spacial score (nSPS) is 52.7. The van der Waals surface area contributed by atoms with Gasteiger partial charge in [-0.2, -0.15) is 0 Å². The summed E-state index contributed by atoms with van der Waals surface area (Å²) in [4.78, 5) is 13.2. The fourth-order valence-corrected chi connectivity index (χ4v) is 10.4. The molecule has 4 heterocycles. The van der Waals surface area contributed by atoms with Crippen molar-refractivity contribution >= 4 is 5.91 Å². The van der Waals surface area contributed by atoms with Crippen LogP contribution in [0, 0.1) is 46.8 Å². The molecule has 36 heavy (non-hydrogen) atoms. The number of nitrogens with one attached hydrogen (secondary N) is 1. The van der Waals surface area contributed by atoms with Gasteiger partial charge in [0.05, 0.1) is 17.3 Å². The molecule has 1 aromatic carbocycles. The molecule has 1 amide bonds. The Labute approximate surface area is 213 Å². The summed E-state index contributed by atoms with van der Waals surface area (Å²) in [5.74, 6) is 2.06. The van der Waals surface area contributed by atoms with Crippen molar-refractivity contribution in [3.63, 3.8) is 0 Å². The fourth-order valence-electron chi connectivity index (χ4n) is 10.4. The molecule has 0 unspecified atom stereocenters. The number of carbonyl (C=O) groups is 1. The molecule has 3 saturated carbocycles. The van der Waals surface area contributed by atoms with E-state index < -0.39 is 5.72 Å². The Kier molecular flexibility index (Phi) is 4.54. The minimum Gasteiger partial charge on any atom is -0.512 e. The van der Waals surface area contributed by atoms with Gasteiger partial charge in [-0.25, -0.2) is 0 Å². The van der Waals surface area contributed by atoms with E-state index >= 15 is 0 Å². The molecule has 3 aliphatic carbocycles. The molecule has 6 nitrogen and oxygen atoms in total. The van der Waals surface area contributed by atoms with E-state index in [4.69, 9.17) is 9.47 Å². The third-order valence-electron chi connectivity index (χ3n) is 11.1. The van der Waals surface area contributed by atoms with Crippen LogP contribution in [0.5, 0.6) is 5.75 Å². The van der Waals surface area contributed by atoms with Crippen LogP contribution in [0.15, 0.2) is 35.6 Å². The van der Waals surface area contributed by atoms with Crippen molar-refractivity contribution in [1.29, 1.82) is 0 Å². The van der Waals surface area contributed by atoms with Gasteiger partial charge in [-0.15, -0.1) is 0 Å². The average Bonchev–Trinajstić information content (AvgIpc) is 3.29. The molecule has 0 radical (unpaired) electrons. The van der Waals surface area contributed by atoms with Crippen molar-refractivity contribution in [2.75, 3.05) is 0 Å². The highest BCUT2D eigenvalue weighted by molar-refractivity contribution is 5.97. The lowest BCUT2D eigenvalue weighted by atomic mass is 9.53. The van der Waals surface area contributed by atoms with Crippen LogP contribution in [0.4, 0.5) is 0 Å². The monoisotopic (exact) mass is 493 g/mol. The number of fused-ring (bicyclic) bond motifs is 6. The average molecular weight is 494 g/mol. The van der Waals surface area contributed by atoms with E-state index in [1.54, 1.807) is 0 Å². The number of amides is 1.